The third-order valence-electron chi connectivity index (χ3n) is 1.34. The van der Waals surface area contributed by atoms with Gasteiger partial charge in [0.1, 0.15) is 11.6 Å². The van der Waals surface area contributed by atoms with Crippen molar-refractivity contribution >= 4 is 5.97 Å². The second kappa shape index (κ2) is 4.58. The lowest BCUT2D eigenvalue weighted by Crippen LogP contribution is -2.40. The average molecular weight is 188 g/mol. The molecule has 13 heavy (non-hydrogen) atoms. The summed E-state index contributed by atoms with van der Waals surface area (Å²) < 4.78 is 5.08. The number of carbonyl (C=O) groups is 1. The fraction of sp³-hybridized carbons (Fsp3) is 0.889. The van der Waals surface area contributed by atoms with Crippen molar-refractivity contribution in [3.05, 3.63) is 0 Å². The monoisotopic (exact) mass is 188 g/mol. The molecule has 0 spiro atoms. The zero-order valence-corrected chi connectivity index (χ0v) is 8.83. The van der Waals surface area contributed by atoms with Crippen molar-refractivity contribution in [2.75, 3.05) is 0 Å². The Bertz CT molecular complexity index is 173. The van der Waals surface area contributed by atoms with Crippen LogP contribution in [0.2, 0.25) is 0 Å². The summed E-state index contributed by atoms with van der Waals surface area (Å²) >= 11 is 0. The van der Waals surface area contributed by atoms with E-state index in [1.165, 1.54) is 0 Å². The first-order valence-electron chi connectivity index (χ1n) is 4.46. The summed E-state index contributed by atoms with van der Waals surface area (Å²) in [6.45, 7) is 7.24. The lowest BCUT2D eigenvalue weighted by atomic mass is 10.1. The summed E-state index contributed by atoms with van der Waals surface area (Å²) in [5.74, 6) is -0.384. The van der Waals surface area contributed by atoms with E-state index in [1.54, 1.807) is 0 Å². The highest BCUT2D eigenvalue weighted by Gasteiger charge is 2.22. The molecule has 4 nitrogen and oxygen atoms in total. The van der Waals surface area contributed by atoms with E-state index in [0.717, 1.165) is 0 Å². The fourth-order valence-corrected chi connectivity index (χ4v) is 0.874. The van der Waals surface area contributed by atoms with Crippen LogP contribution in [0, 0.1) is 0 Å². The van der Waals surface area contributed by atoms with Crippen LogP contribution >= 0.6 is 0 Å². The summed E-state index contributed by atoms with van der Waals surface area (Å²) in [6.07, 6.45) is 0.453. The normalized spacial score (nSPS) is 16.5. The Morgan fingerprint density at radius 1 is 1.38 bits per heavy atom. The van der Waals surface area contributed by atoms with Crippen molar-refractivity contribution in [3.63, 3.8) is 0 Å². The van der Waals surface area contributed by atoms with Gasteiger partial charge in [0.05, 0.1) is 0 Å². The third-order valence-corrected chi connectivity index (χ3v) is 1.34. The predicted molar refractivity (Wildman–Crippen MR) is 52.1 cm³/mol. The standard InChI is InChI=1S/C9H20N2O2/c1-6(10)5-7(11)8(12)13-9(2,3)4/h6-7H,5,10-11H2,1-4H3/t6-,7-/m1/s1. The molecule has 0 heterocycles. The van der Waals surface area contributed by atoms with Gasteiger partial charge in [0, 0.05) is 6.04 Å². The Morgan fingerprint density at radius 3 is 2.15 bits per heavy atom. The van der Waals surface area contributed by atoms with Gasteiger partial charge in [-0.25, -0.2) is 0 Å². The molecule has 0 aliphatic rings. The summed E-state index contributed by atoms with van der Waals surface area (Å²) in [5.41, 5.74) is 10.6. The van der Waals surface area contributed by atoms with E-state index in [4.69, 9.17) is 16.2 Å². The molecule has 4 heteroatoms. The minimum absolute atomic E-state index is 0.0810. The molecule has 2 atom stereocenters. The van der Waals surface area contributed by atoms with Gasteiger partial charge in [0.25, 0.3) is 0 Å². The molecule has 78 valence electrons. The molecule has 0 aliphatic carbocycles. The topological polar surface area (TPSA) is 78.3 Å². The molecule has 0 aliphatic heterocycles. The summed E-state index contributed by atoms with van der Waals surface area (Å²) in [4.78, 5) is 11.3. The summed E-state index contributed by atoms with van der Waals surface area (Å²) in [7, 11) is 0. The maximum Gasteiger partial charge on any atom is 0.323 e. The molecule has 0 aromatic carbocycles. The van der Waals surface area contributed by atoms with Crippen molar-refractivity contribution in [2.45, 2.75) is 51.8 Å². The van der Waals surface area contributed by atoms with Gasteiger partial charge in [0.15, 0.2) is 0 Å². The first-order chi connectivity index (χ1) is 5.72. The Hall–Kier alpha value is -0.610. The second-order valence-electron chi connectivity index (χ2n) is 4.35. The smallest absolute Gasteiger partial charge is 0.323 e. The fourth-order valence-electron chi connectivity index (χ4n) is 0.874. The zero-order chi connectivity index (χ0) is 10.6. The number of rotatable bonds is 3. The molecule has 0 aromatic heterocycles. The van der Waals surface area contributed by atoms with Crippen LogP contribution in [0.5, 0.6) is 0 Å². The summed E-state index contributed by atoms with van der Waals surface area (Å²) in [5, 5.41) is 0. The molecule has 0 bridgehead atoms. The minimum Gasteiger partial charge on any atom is -0.459 e. The number of nitrogens with two attached hydrogens (primary N) is 2. The summed E-state index contributed by atoms with van der Waals surface area (Å²) in [6, 6.07) is -0.693. The SMILES string of the molecule is C[C@@H](N)C[C@@H](N)C(=O)OC(C)(C)C. The largest absolute Gasteiger partial charge is 0.459 e. The van der Waals surface area contributed by atoms with Crippen LogP contribution in [0.3, 0.4) is 0 Å². The van der Waals surface area contributed by atoms with Gasteiger partial charge in [-0.3, -0.25) is 4.79 Å². The molecule has 0 fully saturated rings. The Morgan fingerprint density at radius 2 is 1.85 bits per heavy atom. The molecule has 0 rings (SSSR count). The molecule has 4 N–H and O–H groups in total. The third kappa shape index (κ3) is 6.54. The first-order valence-corrected chi connectivity index (χ1v) is 4.46. The molecule has 0 amide bonds. The Labute approximate surface area is 79.6 Å². The van der Waals surface area contributed by atoms with Gasteiger partial charge < -0.3 is 16.2 Å². The Balaban J connectivity index is 3.97. The van der Waals surface area contributed by atoms with Crippen molar-refractivity contribution in [2.24, 2.45) is 11.5 Å². The van der Waals surface area contributed by atoms with E-state index in [2.05, 4.69) is 0 Å². The van der Waals surface area contributed by atoms with Crippen molar-refractivity contribution < 1.29 is 9.53 Å². The maximum atomic E-state index is 11.3. The molecule has 0 unspecified atom stereocenters. The average Bonchev–Trinajstić information content (AvgIpc) is 1.81. The minimum atomic E-state index is -0.612. The number of hydrogen-bond donors (Lipinski definition) is 2. The van der Waals surface area contributed by atoms with Crippen LogP contribution in [0.4, 0.5) is 0 Å². The highest BCUT2D eigenvalue weighted by atomic mass is 16.6. The molecule has 0 radical (unpaired) electrons. The Kier molecular flexibility index (Phi) is 4.36. The van der Waals surface area contributed by atoms with Gasteiger partial charge >= 0.3 is 5.97 Å². The zero-order valence-electron chi connectivity index (χ0n) is 8.83. The van der Waals surface area contributed by atoms with E-state index < -0.39 is 11.6 Å². The van der Waals surface area contributed by atoms with E-state index in [1.807, 2.05) is 27.7 Å². The number of esters is 1. The lowest BCUT2D eigenvalue weighted by molar-refractivity contribution is -0.156. The van der Waals surface area contributed by atoms with E-state index in [0.29, 0.717) is 6.42 Å². The van der Waals surface area contributed by atoms with Gasteiger partial charge in [0.2, 0.25) is 0 Å². The highest BCUT2D eigenvalue weighted by Crippen LogP contribution is 2.09. The van der Waals surface area contributed by atoms with Crippen molar-refractivity contribution in [1.82, 2.24) is 0 Å². The second-order valence-corrected chi connectivity index (χ2v) is 4.35. The predicted octanol–water partition coefficient (Wildman–Crippen LogP) is 0.393. The number of ether oxygens (including phenoxy) is 1. The molecular weight excluding hydrogens is 168 g/mol. The molecule has 0 saturated carbocycles. The quantitative estimate of drug-likeness (QED) is 0.628. The van der Waals surface area contributed by atoms with E-state index >= 15 is 0 Å². The van der Waals surface area contributed by atoms with Crippen LogP contribution in [-0.4, -0.2) is 23.7 Å². The number of carbonyl (C=O) groups excluding carboxylic acids is 1. The van der Waals surface area contributed by atoms with Crippen LogP contribution in [0.1, 0.15) is 34.1 Å². The van der Waals surface area contributed by atoms with E-state index in [-0.39, 0.29) is 12.0 Å². The first kappa shape index (κ1) is 12.4. The van der Waals surface area contributed by atoms with Crippen LogP contribution in [0.25, 0.3) is 0 Å². The van der Waals surface area contributed by atoms with Gasteiger partial charge in [-0.15, -0.1) is 0 Å². The van der Waals surface area contributed by atoms with Gasteiger partial charge in [-0.05, 0) is 34.1 Å². The van der Waals surface area contributed by atoms with Crippen molar-refractivity contribution in [3.8, 4) is 0 Å². The molecular formula is C9H20N2O2. The molecule has 0 saturated heterocycles. The van der Waals surface area contributed by atoms with Crippen molar-refractivity contribution in [1.29, 1.82) is 0 Å². The van der Waals surface area contributed by atoms with Crippen LogP contribution in [-0.2, 0) is 9.53 Å². The highest BCUT2D eigenvalue weighted by molar-refractivity contribution is 5.75. The lowest BCUT2D eigenvalue weighted by Gasteiger charge is -2.22. The molecule has 0 aromatic rings. The van der Waals surface area contributed by atoms with Crippen LogP contribution < -0.4 is 11.5 Å². The van der Waals surface area contributed by atoms with E-state index in [9.17, 15) is 4.79 Å². The number of hydrogen-bond acceptors (Lipinski definition) is 4. The van der Waals surface area contributed by atoms with Gasteiger partial charge in [-0.2, -0.15) is 0 Å². The van der Waals surface area contributed by atoms with Crippen LogP contribution in [0.15, 0.2) is 0 Å². The van der Waals surface area contributed by atoms with Gasteiger partial charge in [-0.1, -0.05) is 0 Å². The maximum absolute atomic E-state index is 11.3.